The number of carbonyl (C=O) groups excluding carboxylic acids is 2. The quantitative estimate of drug-likeness (QED) is 0.242. The van der Waals surface area contributed by atoms with E-state index in [9.17, 15) is 18.0 Å². The summed E-state index contributed by atoms with van der Waals surface area (Å²) in [6.45, 7) is 3.19. The summed E-state index contributed by atoms with van der Waals surface area (Å²) in [5.74, 6) is -1.63. The molecule has 2 rings (SSSR count). The molecule has 0 saturated carbocycles. The number of nitrogens with two attached hydrogens (primary N) is 1. The van der Waals surface area contributed by atoms with E-state index in [0.29, 0.717) is 9.18 Å². The number of nitrogens with zero attached hydrogens (tertiary/aromatic N) is 2. The Morgan fingerprint density at radius 3 is 2.76 bits per heavy atom. The van der Waals surface area contributed by atoms with Crippen molar-refractivity contribution in [3.8, 4) is 0 Å². The number of hydrogen-bond acceptors (Lipinski definition) is 8. The average Bonchev–Trinajstić information content (AvgIpc) is 3.01. The van der Waals surface area contributed by atoms with Crippen molar-refractivity contribution in [3.63, 3.8) is 0 Å². The standard InChI is InChI=1S/C13H18N4O6S2/c1-7(14)6-23-16-11(9-4-3-5-24-9)12(18)15-10-8(2)17(13(10)19)25(20,21)22/h3-5,7-8,10H,6,14H2,1-2H3,(H,15,18)(H,20,21,22)/t7?,8-,10-/m0/s1. The first kappa shape index (κ1) is 19.3. The minimum atomic E-state index is -4.65. The van der Waals surface area contributed by atoms with Crippen LogP contribution in [0.1, 0.15) is 18.7 Å². The van der Waals surface area contributed by atoms with Crippen molar-refractivity contribution in [1.82, 2.24) is 9.62 Å². The van der Waals surface area contributed by atoms with Crippen molar-refractivity contribution in [2.24, 2.45) is 10.9 Å². The van der Waals surface area contributed by atoms with Crippen LogP contribution in [0.25, 0.3) is 0 Å². The van der Waals surface area contributed by atoms with Crippen LogP contribution in [0.4, 0.5) is 0 Å². The van der Waals surface area contributed by atoms with E-state index in [-0.39, 0.29) is 18.4 Å². The van der Waals surface area contributed by atoms with E-state index in [2.05, 4.69) is 10.5 Å². The zero-order valence-electron chi connectivity index (χ0n) is 13.4. The molecule has 10 nitrogen and oxygen atoms in total. The molecule has 1 aromatic heterocycles. The second-order valence-electron chi connectivity index (χ2n) is 5.49. The van der Waals surface area contributed by atoms with E-state index in [4.69, 9.17) is 15.1 Å². The molecule has 0 spiro atoms. The SMILES string of the molecule is CC(N)CON=C(C(=O)N[C@@H]1C(=O)N(S(=O)(=O)O)[C@H]1C)c1cccs1. The van der Waals surface area contributed by atoms with Crippen LogP contribution in [0.2, 0.25) is 0 Å². The van der Waals surface area contributed by atoms with E-state index in [1.165, 1.54) is 18.3 Å². The highest BCUT2D eigenvalue weighted by Gasteiger charge is 2.51. The van der Waals surface area contributed by atoms with Gasteiger partial charge in [-0.15, -0.1) is 11.3 Å². The van der Waals surface area contributed by atoms with E-state index in [1.54, 1.807) is 24.4 Å². The summed E-state index contributed by atoms with van der Waals surface area (Å²) < 4.78 is 31.4. The van der Waals surface area contributed by atoms with Gasteiger partial charge in [-0.05, 0) is 25.3 Å². The number of rotatable bonds is 7. The van der Waals surface area contributed by atoms with Crippen LogP contribution >= 0.6 is 11.3 Å². The van der Waals surface area contributed by atoms with Crippen molar-refractivity contribution in [3.05, 3.63) is 22.4 Å². The molecule has 4 N–H and O–H groups in total. The highest BCUT2D eigenvalue weighted by molar-refractivity contribution is 7.84. The van der Waals surface area contributed by atoms with E-state index < -0.39 is 34.2 Å². The van der Waals surface area contributed by atoms with Gasteiger partial charge in [0.2, 0.25) is 0 Å². The highest BCUT2D eigenvalue weighted by atomic mass is 32.2. The molecule has 12 heteroatoms. The first-order valence-electron chi connectivity index (χ1n) is 7.24. The molecule has 2 heterocycles. The first-order valence-corrected chi connectivity index (χ1v) is 9.51. The smallest absolute Gasteiger partial charge is 0.362 e. The maximum absolute atomic E-state index is 12.4. The largest absolute Gasteiger partial charge is 0.393 e. The van der Waals surface area contributed by atoms with Crippen LogP contribution in [0, 0.1) is 0 Å². The Morgan fingerprint density at radius 1 is 1.60 bits per heavy atom. The normalized spacial score (nSPS) is 22.3. The molecular formula is C13H18N4O6S2. The van der Waals surface area contributed by atoms with Crippen LogP contribution < -0.4 is 11.1 Å². The molecule has 1 aliphatic heterocycles. The van der Waals surface area contributed by atoms with Crippen molar-refractivity contribution in [2.75, 3.05) is 6.61 Å². The van der Waals surface area contributed by atoms with Crippen LogP contribution in [-0.2, 0) is 24.7 Å². The average molecular weight is 390 g/mol. The third kappa shape index (κ3) is 4.34. The van der Waals surface area contributed by atoms with Gasteiger partial charge >= 0.3 is 10.3 Å². The van der Waals surface area contributed by atoms with Crippen LogP contribution in [0.5, 0.6) is 0 Å². The fourth-order valence-electron chi connectivity index (χ4n) is 2.14. The summed E-state index contributed by atoms with van der Waals surface area (Å²) in [5.41, 5.74) is 5.50. The fraction of sp³-hybridized carbons (Fsp3) is 0.462. The molecule has 2 amide bonds. The van der Waals surface area contributed by atoms with Gasteiger partial charge in [-0.25, -0.2) is 4.31 Å². The minimum absolute atomic E-state index is 0.0547. The lowest BCUT2D eigenvalue weighted by Gasteiger charge is -2.42. The zero-order valence-corrected chi connectivity index (χ0v) is 15.1. The Bertz CT molecular complexity index is 774. The molecular weight excluding hydrogens is 372 g/mol. The molecule has 1 aromatic rings. The summed E-state index contributed by atoms with van der Waals surface area (Å²) >= 11 is 1.24. The van der Waals surface area contributed by atoms with Gasteiger partial charge in [0.25, 0.3) is 11.8 Å². The number of hydrogen-bond donors (Lipinski definition) is 3. The topological polar surface area (TPSA) is 151 Å². The number of amides is 2. The first-order chi connectivity index (χ1) is 11.6. The molecule has 0 aromatic carbocycles. The predicted octanol–water partition coefficient (Wildman–Crippen LogP) is -0.666. The summed E-state index contributed by atoms with van der Waals surface area (Å²) in [6.07, 6.45) is 0. The Hall–Kier alpha value is -2.02. The van der Waals surface area contributed by atoms with Gasteiger partial charge in [0.1, 0.15) is 12.6 Å². The number of β-lactam (4-membered cyclic amide) rings is 1. The van der Waals surface area contributed by atoms with Gasteiger partial charge in [-0.3, -0.25) is 14.1 Å². The van der Waals surface area contributed by atoms with E-state index in [1.807, 2.05) is 0 Å². The fourth-order valence-corrected chi connectivity index (χ4v) is 3.73. The van der Waals surface area contributed by atoms with Crippen molar-refractivity contribution < 1.29 is 27.4 Å². The van der Waals surface area contributed by atoms with Gasteiger partial charge in [-0.1, -0.05) is 11.2 Å². The van der Waals surface area contributed by atoms with Crippen molar-refractivity contribution >= 4 is 39.2 Å². The second-order valence-corrected chi connectivity index (χ2v) is 7.73. The van der Waals surface area contributed by atoms with E-state index in [0.717, 1.165) is 0 Å². The zero-order chi connectivity index (χ0) is 18.8. The highest BCUT2D eigenvalue weighted by Crippen LogP contribution is 2.23. The molecule has 25 heavy (non-hydrogen) atoms. The van der Waals surface area contributed by atoms with Gasteiger partial charge in [-0.2, -0.15) is 8.42 Å². The molecule has 1 saturated heterocycles. The molecule has 0 bridgehead atoms. The third-order valence-corrected chi connectivity index (χ3v) is 5.22. The predicted molar refractivity (Wildman–Crippen MR) is 90.2 cm³/mol. The van der Waals surface area contributed by atoms with E-state index >= 15 is 0 Å². The van der Waals surface area contributed by atoms with Crippen LogP contribution in [0.15, 0.2) is 22.7 Å². The van der Waals surface area contributed by atoms with Crippen molar-refractivity contribution in [1.29, 1.82) is 0 Å². The number of nitrogens with one attached hydrogen (secondary N) is 1. The van der Waals surface area contributed by atoms with Gasteiger partial charge < -0.3 is 15.9 Å². The molecule has 0 aliphatic carbocycles. The van der Waals surface area contributed by atoms with Crippen LogP contribution in [0.3, 0.4) is 0 Å². The summed E-state index contributed by atoms with van der Waals surface area (Å²) in [7, 11) is -4.65. The molecule has 3 atom stereocenters. The molecule has 1 aliphatic rings. The lowest BCUT2D eigenvalue weighted by atomic mass is 10.0. The third-order valence-electron chi connectivity index (χ3n) is 3.33. The van der Waals surface area contributed by atoms with Crippen molar-refractivity contribution in [2.45, 2.75) is 32.0 Å². The van der Waals surface area contributed by atoms with Gasteiger partial charge in [0.15, 0.2) is 5.71 Å². The Balaban J connectivity index is 2.12. The maximum Gasteiger partial charge on any atom is 0.362 e. The minimum Gasteiger partial charge on any atom is -0.393 e. The van der Waals surface area contributed by atoms with Gasteiger partial charge in [0, 0.05) is 6.04 Å². The molecule has 1 fully saturated rings. The molecule has 138 valence electrons. The number of carbonyl (C=O) groups is 2. The maximum atomic E-state index is 12.4. The second kappa shape index (κ2) is 7.47. The number of oxime groups is 1. The molecule has 1 unspecified atom stereocenters. The summed E-state index contributed by atoms with van der Waals surface area (Å²) in [4.78, 5) is 29.8. The Labute approximate surface area is 148 Å². The Morgan fingerprint density at radius 2 is 2.28 bits per heavy atom. The Kier molecular flexibility index (Phi) is 5.77. The number of thiophene rings is 1. The van der Waals surface area contributed by atoms with Gasteiger partial charge in [0.05, 0.1) is 10.9 Å². The van der Waals surface area contributed by atoms with Crippen LogP contribution in [-0.4, -0.2) is 59.5 Å². The lowest BCUT2D eigenvalue weighted by molar-refractivity contribution is -0.143. The lowest BCUT2D eigenvalue weighted by Crippen LogP contribution is -2.71. The summed E-state index contributed by atoms with van der Waals surface area (Å²) in [6, 6.07) is 1.07. The monoisotopic (exact) mass is 390 g/mol. The summed E-state index contributed by atoms with van der Waals surface area (Å²) in [5, 5.41) is 7.92. The molecule has 0 radical (unpaired) electrons.